The summed E-state index contributed by atoms with van der Waals surface area (Å²) < 4.78 is 44.6. The SMILES string of the molecule is COc1ccc(-c2ccc(S(=O)(=O)N(C)[C@@H](C(=O)O)C3CCC4(CC3)OCCCO4)cc2)cc1. The number of carboxylic acids is 1. The first kappa shape index (κ1) is 24.7. The van der Waals surface area contributed by atoms with Crippen molar-refractivity contribution in [2.45, 2.75) is 48.8 Å². The number of benzene rings is 2. The lowest BCUT2D eigenvalue weighted by atomic mass is 9.80. The van der Waals surface area contributed by atoms with Gasteiger partial charge in [0.25, 0.3) is 0 Å². The van der Waals surface area contributed by atoms with Crippen LogP contribution in [-0.4, -0.2) is 63.0 Å². The van der Waals surface area contributed by atoms with Crippen LogP contribution in [0, 0.1) is 5.92 Å². The monoisotopic (exact) mass is 489 g/mol. The molecule has 2 fully saturated rings. The summed E-state index contributed by atoms with van der Waals surface area (Å²) in [5, 5.41) is 9.96. The highest BCUT2D eigenvalue weighted by atomic mass is 32.2. The standard InChI is InChI=1S/C25H31NO7S/c1-26(23(24(27)28)20-12-14-25(15-13-20)32-16-3-17-33-25)34(29,30)22-10-6-19(7-11-22)18-4-8-21(31-2)9-5-18/h4-11,20,23H,3,12-17H2,1-2H3,(H,27,28)/t23-/m1/s1. The number of aliphatic carboxylic acids is 1. The number of sulfonamides is 1. The van der Waals surface area contributed by atoms with E-state index in [1.165, 1.54) is 19.2 Å². The quantitative estimate of drug-likeness (QED) is 0.632. The molecule has 9 heteroatoms. The first-order chi connectivity index (χ1) is 16.3. The van der Waals surface area contributed by atoms with Gasteiger partial charge >= 0.3 is 5.97 Å². The molecule has 4 rings (SSSR count). The molecular formula is C25H31NO7S. The van der Waals surface area contributed by atoms with E-state index in [2.05, 4.69) is 0 Å². The Bertz CT molecular complexity index is 1080. The Labute approximate surface area is 200 Å². The lowest BCUT2D eigenvalue weighted by Crippen LogP contribution is -2.51. The minimum atomic E-state index is -4.01. The van der Waals surface area contributed by atoms with Gasteiger partial charge in [-0.05, 0) is 60.6 Å². The second-order valence-corrected chi connectivity index (χ2v) is 10.9. The van der Waals surface area contributed by atoms with E-state index in [-0.39, 0.29) is 10.8 Å². The van der Waals surface area contributed by atoms with Crippen LogP contribution in [0.1, 0.15) is 32.1 Å². The molecule has 0 unspecified atom stereocenters. The van der Waals surface area contributed by atoms with Gasteiger partial charge in [0, 0.05) is 19.9 Å². The Hall–Kier alpha value is -2.46. The number of methoxy groups -OCH3 is 1. The second kappa shape index (κ2) is 10.0. The summed E-state index contributed by atoms with van der Waals surface area (Å²) in [5.74, 6) is -1.38. The Kier molecular flexibility index (Phi) is 7.28. The van der Waals surface area contributed by atoms with Crippen LogP contribution in [0.2, 0.25) is 0 Å². The van der Waals surface area contributed by atoms with Crippen molar-refractivity contribution in [3.63, 3.8) is 0 Å². The minimum Gasteiger partial charge on any atom is -0.497 e. The zero-order chi connectivity index (χ0) is 24.3. The van der Waals surface area contributed by atoms with Gasteiger partial charge < -0.3 is 19.3 Å². The molecule has 1 aliphatic carbocycles. The molecule has 0 amide bonds. The highest BCUT2D eigenvalue weighted by Gasteiger charge is 2.45. The fraction of sp³-hybridized carbons (Fsp3) is 0.480. The molecule has 1 saturated carbocycles. The average Bonchev–Trinajstić information content (AvgIpc) is 2.86. The van der Waals surface area contributed by atoms with Gasteiger partial charge in [0.05, 0.1) is 25.2 Å². The van der Waals surface area contributed by atoms with Crippen LogP contribution < -0.4 is 4.74 Å². The van der Waals surface area contributed by atoms with Gasteiger partial charge in [-0.3, -0.25) is 4.79 Å². The zero-order valence-electron chi connectivity index (χ0n) is 19.5. The van der Waals surface area contributed by atoms with Crippen LogP contribution in [0.3, 0.4) is 0 Å². The molecule has 1 atom stereocenters. The fourth-order valence-corrected chi connectivity index (χ4v) is 6.25. The highest BCUT2D eigenvalue weighted by molar-refractivity contribution is 7.89. The van der Waals surface area contributed by atoms with Crippen molar-refractivity contribution in [1.29, 1.82) is 0 Å². The van der Waals surface area contributed by atoms with Crippen LogP contribution in [0.25, 0.3) is 11.1 Å². The van der Waals surface area contributed by atoms with Crippen molar-refractivity contribution >= 4 is 16.0 Å². The van der Waals surface area contributed by atoms with Crippen LogP contribution >= 0.6 is 0 Å². The predicted molar refractivity (Wildman–Crippen MR) is 126 cm³/mol. The van der Waals surface area contributed by atoms with E-state index in [1.807, 2.05) is 24.3 Å². The first-order valence-electron chi connectivity index (χ1n) is 11.5. The molecule has 0 radical (unpaired) electrons. The molecule has 1 saturated heterocycles. The molecule has 1 heterocycles. The summed E-state index contributed by atoms with van der Waals surface area (Å²) in [6.45, 7) is 1.27. The van der Waals surface area contributed by atoms with E-state index in [4.69, 9.17) is 14.2 Å². The molecule has 0 bridgehead atoms. The molecule has 2 aliphatic rings. The highest BCUT2D eigenvalue weighted by Crippen LogP contribution is 2.40. The summed E-state index contributed by atoms with van der Waals surface area (Å²) in [6.07, 6.45) is 3.01. The average molecular weight is 490 g/mol. The Morgan fingerprint density at radius 3 is 2.06 bits per heavy atom. The fourth-order valence-electron chi connectivity index (χ4n) is 4.87. The van der Waals surface area contributed by atoms with E-state index in [0.717, 1.165) is 27.6 Å². The molecule has 8 nitrogen and oxygen atoms in total. The maximum Gasteiger partial charge on any atom is 0.322 e. The van der Waals surface area contributed by atoms with Crippen molar-refractivity contribution in [3.05, 3.63) is 48.5 Å². The van der Waals surface area contributed by atoms with Crippen LogP contribution in [0.15, 0.2) is 53.4 Å². The third-order valence-corrected chi connectivity index (χ3v) is 8.71. The Balaban J connectivity index is 1.50. The third kappa shape index (κ3) is 4.98. The van der Waals surface area contributed by atoms with Gasteiger partial charge in [0.2, 0.25) is 10.0 Å². The van der Waals surface area contributed by atoms with Crippen molar-refractivity contribution in [3.8, 4) is 16.9 Å². The number of hydrogen-bond acceptors (Lipinski definition) is 6. The predicted octanol–water partition coefficient (Wildman–Crippen LogP) is 3.76. The molecule has 2 aromatic carbocycles. The summed E-state index contributed by atoms with van der Waals surface area (Å²) >= 11 is 0. The number of rotatable bonds is 7. The first-order valence-corrected chi connectivity index (χ1v) is 12.9. The van der Waals surface area contributed by atoms with Gasteiger partial charge in [-0.2, -0.15) is 4.31 Å². The van der Waals surface area contributed by atoms with Crippen LogP contribution in [0.4, 0.5) is 0 Å². The number of carbonyl (C=O) groups is 1. The summed E-state index contributed by atoms with van der Waals surface area (Å²) in [5.41, 5.74) is 1.77. The Morgan fingerprint density at radius 1 is 1.03 bits per heavy atom. The number of hydrogen-bond donors (Lipinski definition) is 1. The molecular weight excluding hydrogens is 458 g/mol. The third-order valence-electron chi connectivity index (χ3n) is 6.86. The summed E-state index contributed by atoms with van der Waals surface area (Å²) in [4.78, 5) is 12.3. The van der Waals surface area contributed by atoms with Crippen molar-refractivity contribution < 1.29 is 32.5 Å². The molecule has 34 heavy (non-hydrogen) atoms. The smallest absolute Gasteiger partial charge is 0.322 e. The van der Waals surface area contributed by atoms with Crippen LogP contribution in [0.5, 0.6) is 5.75 Å². The van der Waals surface area contributed by atoms with Crippen molar-refractivity contribution in [2.75, 3.05) is 27.4 Å². The van der Waals surface area contributed by atoms with Gasteiger partial charge in [-0.15, -0.1) is 0 Å². The maximum atomic E-state index is 13.3. The zero-order valence-corrected chi connectivity index (χ0v) is 20.3. The van der Waals surface area contributed by atoms with Gasteiger partial charge in [0.15, 0.2) is 5.79 Å². The van der Waals surface area contributed by atoms with Gasteiger partial charge in [0.1, 0.15) is 11.8 Å². The second-order valence-electron chi connectivity index (χ2n) is 8.86. The van der Waals surface area contributed by atoms with E-state index in [9.17, 15) is 18.3 Å². The lowest BCUT2D eigenvalue weighted by Gasteiger charge is -2.44. The number of likely N-dealkylation sites (N-methyl/N-ethyl adjacent to an activating group) is 1. The van der Waals surface area contributed by atoms with E-state index >= 15 is 0 Å². The number of carboxylic acid groups (broad SMARTS) is 1. The maximum absolute atomic E-state index is 13.3. The number of ether oxygens (including phenoxy) is 3. The van der Waals surface area contributed by atoms with E-state index in [0.29, 0.717) is 38.9 Å². The molecule has 1 N–H and O–H groups in total. The molecule has 0 aromatic heterocycles. The largest absolute Gasteiger partial charge is 0.497 e. The van der Waals surface area contributed by atoms with Crippen molar-refractivity contribution in [2.24, 2.45) is 5.92 Å². The topological polar surface area (TPSA) is 102 Å². The van der Waals surface area contributed by atoms with Crippen LogP contribution in [-0.2, 0) is 24.3 Å². The lowest BCUT2D eigenvalue weighted by molar-refractivity contribution is -0.283. The molecule has 184 valence electrons. The normalized spacial score (nSPS) is 19.7. The summed E-state index contributed by atoms with van der Waals surface area (Å²) in [7, 11) is -1.06. The summed E-state index contributed by atoms with van der Waals surface area (Å²) in [6, 6.07) is 12.8. The van der Waals surface area contributed by atoms with Gasteiger partial charge in [-0.25, -0.2) is 8.42 Å². The van der Waals surface area contributed by atoms with Gasteiger partial charge in [-0.1, -0.05) is 24.3 Å². The minimum absolute atomic E-state index is 0.0599. The Morgan fingerprint density at radius 2 is 1.56 bits per heavy atom. The molecule has 1 spiro atoms. The molecule has 1 aliphatic heterocycles. The number of nitrogens with zero attached hydrogens (tertiary/aromatic N) is 1. The van der Waals surface area contributed by atoms with E-state index < -0.39 is 27.8 Å². The van der Waals surface area contributed by atoms with E-state index in [1.54, 1.807) is 19.2 Å². The van der Waals surface area contributed by atoms with Crippen molar-refractivity contribution in [1.82, 2.24) is 4.31 Å². The molecule has 2 aromatic rings.